The molecule has 0 aromatic heterocycles. The van der Waals surface area contributed by atoms with Gasteiger partial charge in [-0.3, -0.25) is 4.79 Å². The van der Waals surface area contributed by atoms with Gasteiger partial charge in [0.05, 0.1) is 0 Å². The van der Waals surface area contributed by atoms with E-state index in [9.17, 15) is 4.79 Å². The molecule has 19 heavy (non-hydrogen) atoms. The summed E-state index contributed by atoms with van der Waals surface area (Å²) in [5, 5.41) is 3.85. The molecule has 0 aromatic carbocycles. The highest BCUT2D eigenvalue weighted by Gasteiger charge is 2.26. The molecule has 0 radical (unpaired) electrons. The minimum Gasteiger partial charge on any atom is -0.352 e. The van der Waals surface area contributed by atoms with Gasteiger partial charge in [0.1, 0.15) is 0 Å². The summed E-state index contributed by atoms with van der Waals surface area (Å²) in [7, 11) is 0. The predicted molar refractivity (Wildman–Crippen MR) is 84.4 cm³/mol. The van der Waals surface area contributed by atoms with Crippen LogP contribution in [0.3, 0.4) is 0 Å². The van der Waals surface area contributed by atoms with Gasteiger partial charge in [0, 0.05) is 17.7 Å². The summed E-state index contributed by atoms with van der Waals surface area (Å²) in [6, 6.07) is 0.383. The van der Waals surface area contributed by atoms with Crippen LogP contribution in [0, 0.1) is 5.41 Å². The second-order valence-corrected chi connectivity index (χ2v) is 7.51. The van der Waals surface area contributed by atoms with Crippen molar-refractivity contribution >= 4 is 17.7 Å². The van der Waals surface area contributed by atoms with E-state index in [-0.39, 0.29) is 11.3 Å². The summed E-state index contributed by atoms with van der Waals surface area (Å²) >= 11 is 1.90. The number of thioether (sulfide) groups is 1. The number of nitrogens with one attached hydrogen (secondary N) is 1. The molecule has 2 unspecified atom stereocenters. The minimum absolute atomic E-state index is 0.178. The van der Waals surface area contributed by atoms with Gasteiger partial charge in [-0.15, -0.1) is 0 Å². The molecule has 1 aliphatic rings. The summed E-state index contributed by atoms with van der Waals surface area (Å²) in [4.78, 5) is 12.1. The Labute approximate surface area is 122 Å². The lowest BCUT2D eigenvalue weighted by Gasteiger charge is -2.31. The Bertz CT molecular complexity index is 281. The molecule has 1 aliphatic carbocycles. The average molecular weight is 286 g/mol. The Morgan fingerprint density at radius 3 is 2.63 bits per heavy atom. The van der Waals surface area contributed by atoms with E-state index in [0.29, 0.717) is 24.3 Å². The average Bonchev–Trinajstić information content (AvgIpc) is 2.37. The van der Waals surface area contributed by atoms with E-state index in [1.54, 1.807) is 0 Å². The second kappa shape index (κ2) is 8.15. The van der Waals surface area contributed by atoms with Crippen LogP contribution < -0.4 is 11.1 Å². The fourth-order valence-corrected chi connectivity index (χ4v) is 3.73. The Morgan fingerprint density at radius 1 is 1.32 bits per heavy atom. The fourth-order valence-electron chi connectivity index (χ4n) is 2.79. The van der Waals surface area contributed by atoms with Crippen molar-refractivity contribution in [3.8, 4) is 0 Å². The van der Waals surface area contributed by atoms with Crippen LogP contribution in [0.2, 0.25) is 0 Å². The quantitative estimate of drug-likeness (QED) is 0.756. The zero-order valence-electron chi connectivity index (χ0n) is 12.7. The number of carbonyl (C=O) groups excluding carboxylic acids is 1. The number of carbonyl (C=O) groups is 1. The van der Waals surface area contributed by atoms with Crippen LogP contribution in [-0.4, -0.2) is 30.0 Å². The summed E-state index contributed by atoms with van der Waals surface area (Å²) in [6.07, 6.45) is 9.63. The molecule has 1 fully saturated rings. The van der Waals surface area contributed by atoms with Crippen LogP contribution in [0.25, 0.3) is 0 Å². The van der Waals surface area contributed by atoms with Crippen LogP contribution in [0.5, 0.6) is 0 Å². The fraction of sp³-hybridized carbons (Fsp3) is 0.933. The molecule has 0 saturated heterocycles. The van der Waals surface area contributed by atoms with Crippen LogP contribution in [0.1, 0.15) is 58.8 Å². The third-order valence-corrected chi connectivity index (χ3v) is 5.37. The molecule has 0 aliphatic heterocycles. The smallest absolute Gasteiger partial charge is 0.220 e. The van der Waals surface area contributed by atoms with Gasteiger partial charge in [-0.1, -0.05) is 26.7 Å². The van der Waals surface area contributed by atoms with Gasteiger partial charge in [-0.05, 0) is 43.9 Å². The molecule has 0 aromatic rings. The summed E-state index contributed by atoms with van der Waals surface area (Å²) in [6.45, 7) is 5.09. The van der Waals surface area contributed by atoms with Crippen molar-refractivity contribution in [3.05, 3.63) is 0 Å². The molecule has 3 nitrogen and oxygen atoms in total. The molecule has 2 atom stereocenters. The number of nitrogens with two attached hydrogens (primary N) is 1. The van der Waals surface area contributed by atoms with E-state index in [0.717, 1.165) is 19.3 Å². The first-order chi connectivity index (χ1) is 8.98. The van der Waals surface area contributed by atoms with Gasteiger partial charge in [0.25, 0.3) is 0 Å². The van der Waals surface area contributed by atoms with Crippen LogP contribution >= 0.6 is 11.8 Å². The van der Waals surface area contributed by atoms with Crippen molar-refractivity contribution in [1.82, 2.24) is 5.32 Å². The lowest BCUT2D eigenvalue weighted by molar-refractivity contribution is -0.122. The van der Waals surface area contributed by atoms with Crippen LogP contribution in [-0.2, 0) is 4.79 Å². The van der Waals surface area contributed by atoms with E-state index in [2.05, 4.69) is 25.4 Å². The number of amides is 1. The molecule has 0 heterocycles. The second-order valence-electron chi connectivity index (χ2n) is 6.44. The highest BCUT2D eigenvalue weighted by atomic mass is 32.2. The van der Waals surface area contributed by atoms with Gasteiger partial charge in [0.15, 0.2) is 0 Å². The van der Waals surface area contributed by atoms with Gasteiger partial charge in [-0.25, -0.2) is 0 Å². The third kappa shape index (κ3) is 6.17. The highest BCUT2D eigenvalue weighted by Crippen LogP contribution is 2.28. The summed E-state index contributed by atoms with van der Waals surface area (Å²) in [5.74, 6) is 0.219. The van der Waals surface area contributed by atoms with Gasteiger partial charge >= 0.3 is 0 Å². The maximum atomic E-state index is 12.1. The first kappa shape index (κ1) is 16.8. The zero-order valence-corrected chi connectivity index (χ0v) is 13.5. The van der Waals surface area contributed by atoms with Crippen molar-refractivity contribution in [1.29, 1.82) is 0 Å². The molecular weight excluding hydrogens is 256 g/mol. The largest absolute Gasteiger partial charge is 0.352 e. The summed E-state index contributed by atoms with van der Waals surface area (Å²) in [5.41, 5.74) is 5.78. The van der Waals surface area contributed by atoms with Crippen molar-refractivity contribution in [2.75, 3.05) is 12.8 Å². The number of hydrogen-bond donors (Lipinski definition) is 2. The Balaban J connectivity index is 2.33. The van der Waals surface area contributed by atoms with E-state index >= 15 is 0 Å². The monoisotopic (exact) mass is 286 g/mol. The molecule has 1 saturated carbocycles. The minimum atomic E-state index is 0.178. The lowest BCUT2D eigenvalue weighted by atomic mass is 9.84. The Kier molecular flexibility index (Phi) is 7.22. The first-order valence-corrected chi connectivity index (χ1v) is 8.79. The van der Waals surface area contributed by atoms with E-state index in [4.69, 9.17) is 5.73 Å². The standard InChI is InChI=1S/C15H30N2OS/c1-15(2,10-11-16)9-8-14(18)17-12-6-4-5-7-13(12)19-3/h12-13H,4-11,16H2,1-3H3,(H,17,18). The van der Waals surface area contributed by atoms with Gasteiger partial charge in [0.2, 0.25) is 5.91 Å². The molecule has 0 bridgehead atoms. The molecule has 0 spiro atoms. The number of hydrogen-bond acceptors (Lipinski definition) is 3. The Hall–Kier alpha value is -0.220. The topological polar surface area (TPSA) is 55.1 Å². The van der Waals surface area contributed by atoms with Crippen molar-refractivity contribution in [2.45, 2.75) is 70.1 Å². The highest BCUT2D eigenvalue weighted by molar-refractivity contribution is 7.99. The van der Waals surface area contributed by atoms with Crippen molar-refractivity contribution < 1.29 is 4.79 Å². The van der Waals surface area contributed by atoms with Gasteiger partial charge in [-0.2, -0.15) is 11.8 Å². The molecular formula is C15H30N2OS. The van der Waals surface area contributed by atoms with Crippen molar-refractivity contribution in [2.24, 2.45) is 11.1 Å². The predicted octanol–water partition coefficient (Wildman–Crippen LogP) is 2.93. The van der Waals surface area contributed by atoms with E-state index in [1.165, 1.54) is 19.3 Å². The third-order valence-electron chi connectivity index (χ3n) is 4.20. The molecule has 1 rings (SSSR count). The van der Waals surface area contributed by atoms with E-state index < -0.39 is 0 Å². The number of rotatable bonds is 7. The SMILES string of the molecule is CSC1CCCCC1NC(=O)CCC(C)(C)CCN. The van der Waals surface area contributed by atoms with Gasteiger partial charge < -0.3 is 11.1 Å². The van der Waals surface area contributed by atoms with Crippen LogP contribution in [0.15, 0.2) is 0 Å². The normalized spacial score (nSPS) is 24.2. The lowest BCUT2D eigenvalue weighted by Crippen LogP contribution is -2.43. The molecule has 3 N–H and O–H groups in total. The molecule has 112 valence electrons. The maximum Gasteiger partial charge on any atom is 0.220 e. The molecule has 1 amide bonds. The Morgan fingerprint density at radius 2 is 2.00 bits per heavy atom. The van der Waals surface area contributed by atoms with Crippen molar-refractivity contribution in [3.63, 3.8) is 0 Å². The van der Waals surface area contributed by atoms with E-state index in [1.807, 2.05) is 11.8 Å². The summed E-state index contributed by atoms with van der Waals surface area (Å²) < 4.78 is 0. The zero-order chi connectivity index (χ0) is 14.3. The first-order valence-electron chi connectivity index (χ1n) is 7.51. The molecule has 4 heteroatoms. The van der Waals surface area contributed by atoms with Crippen LogP contribution in [0.4, 0.5) is 0 Å². The maximum absolute atomic E-state index is 12.1.